The first-order chi connectivity index (χ1) is 9.98. The maximum atomic E-state index is 12.5. The molecule has 1 rings (SSSR count). The summed E-state index contributed by atoms with van der Waals surface area (Å²) in [5, 5.41) is 0.0571. The predicted molar refractivity (Wildman–Crippen MR) is 89.3 cm³/mol. The second-order valence-corrected chi connectivity index (χ2v) is 14.9. The molecule has 1 saturated heterocycles. The van der Waals surface area contributed by atoms with Gasteiger partial charge in [0, 0.05) is 14.6 Å². The molecule has 1 fully saturated rings. The van der Waals surface area contributed by atoms with E-state index < -0.39 is 26.7 Å². The van der Waals surface area contributed by atoms with Crippen LogP contribution in [0, 0.1) is 5.92 Å². The normalized spacial score (nSPS) is 20.8. The fourth-order valence-corrected chi connectivity index (χ4v) is 5.27. The van der Waals surface area contributed by atoms with Crippen LogP contribution in [0.2, 0.25) is 25.7 Å². The Morgan fingerprint density at radius 3 is 2.27 bits per heavy atom. The summed E-state index contributed by atoms with van der Waals surface area (Å²) >= 11 is 0. The molecular weight excluding hydrogens is 321 g/mol. The molecule has 0 aliphatic carbocycles. The fraction of sp³-hybridized carbons (Fsp3) is 0.929. The van der Waals surface area contributed by atoms with Crippen LogP contribution < -0.4 is 0 Å². The zero-order valence-electron chi connectivity index (χ0n) is 14.3. The van der Waals surface area contributed by atoms with E-state index in [2.05, 4.69) is 19.6 Å². The largest absolute Gasteiger partial charge is 0.332 e. The van der Waals surface area contributed by atoms with Gasteiger partial charge in [-0.25, -0.2) is 5.06 Å². The van der Waals surface area contributed by atoms with Gasteiger partial charge in [0.25, 0.3) is 5.91 Å². The topological polar surface area (TPSA) is 87.1 Å². The Labute approximate surface area is 134 Å². The highest BCUT2D eigenvalue weighted by Crippen LogP contribution is 2.60. The summed E-state index contributed by atoms with van der Waals surface area (Å²) in [6.07, 6.45) is 1.01. The number of amides is 1. The summed E-state index contributed by atoms with van der Waals surface area (Å²) < 4.78 is 12.0. The Balaban J connectivity index is 2.80. The minimum absolute atomic E-state index is 0.275. The van der Waals surface area contributed by atoms with Crippen molar-refractivity contribution in [2.24, 2.45) is 5.92 Å². The van der Waals surface area contributed by atoms with Crippen LogP contribution in [0.1, 0.15) is 33.1 Å². The third-order valence-corrected chi connectivity index (χ3v) is 8.53. The molecule has 0 radical (unpaired) electrons. The van der Waals surface area contributed by atoms with Gasteiger partial charge in [0.2, 0.25) is 0 Å². The van der Waals surface area contributed by atoms with Crippen molar-refractivity contribution in [2.75, 3.05) is 13.2 Å². The van der Waals surface area contributed by atoms with E-state index in [9.17, 15) is 19.1 Å². The van der Waals surface area contributed by atoms with Crippen molar-refractivity contribution in [1.29, 1.82) is 0 Å². The molecule has 130 valence electrons. The zero-order chi connectivity index (χ0) is 17.2. The molecule has 1 atom stereocenters. The van der Waals surface area contributed by atoms with Crippen LogP contribution in [0.4, 0.5) is 0 Å². The minimum Gasteiger partial charge on any atom is -0.324 e. The van der Waals surface area contributed by atoms with Gasteiger partial charge in [-0.3, -0.25) is 14.2 Å². The lowest BCUT2D eigenvalue weighted by atomic mass is 9.85. The van der Waals surface area contributed by atoms with Crippen molar-refractivity contribution in [1.82, 2.24) is 5.06 Å². The van der Waals surface area contributed by atoms with E-state index in [1.165, 1.54) is 5.06 Å². The van der Waals surface area contributed by atoms with Gasteiger partial charge in [0.15, 0.2) is 0 Å². The number of hydroxylamine groups is 2. The van der Waals surface area contributed by atoms with Crippen LogP contribution >= 0.6 is 7.60 Å². The van der Waals surface area contributed by atoms with Crippen molar-refractivity contribution in [2.45, 2.75) is 64.0 Å². The highest BCUT2D eigenvalue weighted by Gasteiger charge is 2.55. The summed E-state index contributed by atoms with van der Waals surface area (Å²) in [5.74, 6) is -0.933. The zero-order valence-corrected chi connectivity index (χ0v) is 16.2. The quantitative estimate of drug-likeness (QED) is 0.519. The lowest BCUT2D eigenvalue weighted by Crippen LogP contribution is -2.42. The first kappa shape index (κ1) is 19.8. The Morgan fingerprint density at radius 2 is 1.86 bits per heavy atom. The maximum Gasteiger partial charge on any atom is 0.332 e. The van der Waals surface area contributed by atoms with Gasteiger partial charge in [-0.15, -0.1) is 0 Å². The van der Waals surface area contributed by atoms with Crippen molar-refractivity contribution < 1.29 is 24.0 Å². The second-order valence-electron chi connectivity index (χ2n) is 7.28. The molecule has 8 heteroatoms. The number of hydrogen-bond donors (Lipinski definition) is 2. The summed E-state index contributed by atoms with van der Waals surface area (Å²) in [4.78, 5) is 37.7. The molecule has 0 aromatic rings. The molecule has 0 spiro atoms. The van der Waals surface area contributed by atoms with Gasteiger partial charge >= 0.3 is 7.60 Å². The van der Waals surface area contributed by atoms with Gasteiger partial charge < -0.3 is 9.79 Å². The number of nitrogens with zero attached hydrogens (tertiary/aromatic N) is 1. The van der Waals surface area contributed by atoms with Crippen molar-refractivity contribution in [3.8, 4) is 0 Å². The first-order valence-electron chi connectivity index (χ1n) is 7.98. The maximum absolute atomic E-state index is 12.5. The highest BCUT2D eigenvalue weighted by atomic mass is 31.2. The van der Waals surface area contributed by atoms with Crippen LogP contribution in [-0.4, -0.2) is 47.1 Å². The van der Waals surface area contributed by atoms with Gasteiger partial charge in [-0.2, -0.15) is 0 Å². The minimum atomic E-state index is -4.37. The Kier molecular flexibility index (Phi) is 6.44. The van der Waals surface area contributed by atoms with Gasteiger partial charge in [0.1, 0.15) is 0 Å². The summed E-state index contributed by atoms with van der Waals surface area (Å²) in [6, 6.07) is 0.951. The molecular formula is C14H30NO5PSi. The fourth-order valence-electron chi connectivity index (χ4n) is 3.10. The molecule has 0 aromatic heterocycles. The molecule has 1 unspecified atom stereocenters. The van der Waals surface area contributed by atoms with E-state index in [-0.39, 0.29) is 18.7 Å². The summed E-state index contributed by atoms with van der Waals surface area (Å²) in [6.45, 7) is 11.1. The third-order valence-electron chi connectivity index (χ3n) is 4.72. The summed E-state index contributed by atoms with van der Waals surface area (Å²) in [5.41, 5.74) is 0. The molecule has 1 amide bonds. The molecule has 1 aliphatic heterocycles. The molecule has 0 aromatic carbocycles. The number of carbonyl (C=O) groups excluding carboxylic acids is 1. The lowest BCUT2D eigenvalue weighted by molar-refractivity contribution is -0.178. The smallest absolute Gasteiger partial charge is 0.324 e. The van der Waals surface area contributed by atoms with Gasteiger partial charge in [-0.05, 0) is 25.3 Å². The van der Waals surface area contributed by atoms with Crippen LogP contribution in [0.15, 0.2) is 0 Å². The van der Waals surface area contributed by atoms with E-state index >= 15 is 0 Å². The van der Waals surface area contributed by atoms with E-state index in [1.807, 2.05) is 0 Å². The molecule has 22 heavy (non-hydrogen) atoms. The standard InChI is InChI=1S/C14H30NO5PSi/c1-6-14(7-2,21(17,18)19)12-8-9-15(13(12)16)20-10-11-22(3,4)5/h12H,6-11H2,1-5H3,(H2,17,18,19). The lowest BCUT2D eigenvalue weighted by Gasteiger charge is -2.36. The van der Waals surface area contributed by atoms with Crippen molar-refractivity contribution in [3.63, 3.8) is 0 Å². The van der Waals surface area contributed by atoms with Crippen LogP contribution in [0.5, 0.6) is 0 Å². The van der Waals surface area contributed by atoms with E-state index in [4.69, 9.17) is 4.84 Å². The van der Waals surface area contributed by atoms with E-state index in [0.717, 1.165) is 6.04 Å². The first-order valence-corrected chi connectivity index (χ1v) is 13.3. The Morgan fingerprint density at radius 1 is 1.32 bits per heavy atom. The molecule has 6 nitrogen and oxygen atoms in total. The predicted octanol–water partition coefficient (Wildman–Crippen LogP) is 2.84. The second kappa shape index (κ2) is 7.14. The van der Waals surface area contributed by atoms with Crippen LogP contribution in [0.25, 0.3) is 0 Å². The summed E-state index contributed by atoms with van der Waals surface area (Å²) in [7, 11) is -5.60. The molecule has 0 saturated carbocycles. The number of carbonyl (C=O) groups is 1. The van der Waals surface area contributed by atoms with Gasteiger partial charge in [0.05, 0.1) is 17.7 Å². The van der Waals surface area contributed by atoms with E-state index in [0.29, 0.717) is 19.6 Å². The molecule has 0 bridgehead atoms. The Bertz CT molecular complexity index is 441. The SMILES string of the molecule is CCC(CC)(C1CCN(OCC[Si](C)(C)C)C1=O)P(=O)(O)O. The average molecular weight is 351 g/mol. The van der Waals surface area contributed by atoms with Crippen LogP contribution in [0.3, 0.4) is 0 Å². The number of rotatable bonds is 8. The van der Waals surface area contributed by atoms with Crippen molar-refractivity contribution >= 4 is 21.6 Å². The van der Waals surface area contributed by atoms with Crippen molar-refractivity contribution in [3.05, 3.63) is 0 Å². The monoisotopic (exact) mass is 351 g/mol. The number of hydrogen-bond acceptors (Lipinski definition) is 3. The third kappa shape index (κ3) is 4.20. The Hall–Kier alpha value is -0.203. The molecule has 1 heterocycles. The highest BCUT2D eigenvalue weighted by molar-refractivity contribution is 7.53. The van der Waals surface area contributed by atoms with Crippen LogP contribution in [-0.2, 0) is 14.2 Å². The molecule has 1 aliphatic rings. The molecule has 2 N–H and O–H groups in total. The van der Waals surface area contributed by atoms with E-state index in [1.54, 1.807) is 13.8 Å². The average Bonchev–Trinajstić information content (AvgIpc) is 2.71. The van der Waals surface area contributed by atoms with Gasteiger partial charge in [-0.1, -0.05) is 33.5 Å².